The Morgan fingerprint density at radius 3 is 2.56 bits per heavy atom. The van der Waals surface area contributed by atoms with Gasteiger partial charge in [0.05, 0.1) is 11.3 Å². The summed E-state index contributed by atoms with van der Waals surface area (Å²) in [5.41, 5.74) is 0.000695. The van der Waals surface area contributed by atoms with Crippen molar-refractivity contribution in [1.82, 2.24) is 5.32 Å². The maximum atomic E-state index is 12.0. The molecule has 0 aromatic heterocycles. The van der Waals surface area contributed by atoms with Crippen LogP contribution in [0.4, 0.5) is 0 Å². The number of aliphatic imine (C=N–C) groups is 1. The highest BCUT2D eigenvalue weighted by Gasteiger charge is 2.42. The standard InChI is InChI=1S/C14H22N2OS/c1-14(2,3)11-12(17)16-13(18-11)15-10-7-8-4-5-9(10)6-8/h8-11H,4-7H2,1-3H3,(H,15,16,17)/t8-,9?,10+,11?/m1/s1. The van der Waals surface area contributed by atoms with Gasteiger partial charge in [-0.15, -0.1) is 0 Å². The van der Waals surface area contributed by atoms with Crippen LogP contribution in [-0.2, 0) is 4.79 Å². The van der Waals surface area contributed by atoms with Crippen LogP contribution in [0.15, 0.2) is 4.99 Å². The topological polar surface area (TPSA) is 41.5 Å². The number of hydrogen-bond donors (Lipinski definition) is 1. The summed E-state index contributed by atoms with van der Waals surface area (Å²) in [4.78, 5) is 16.8. The van der Waals surface area contributed by atoms with Gasteiger partial charge in [0.25, 0.3) is 0 Å². The summed E-state index contributed by atoms with van der Waals surface area (Å²) in [5, 5.41) is 3.85. The van der Waals surface area contributed by atoms with Crippen LogP contribution in [0.2, 0.25) is 0 Å². The number of carbonyl (C=O) groups is 1. The van der Waals surface area contributed by atoms with Gasteiger partial charge in [0.1, 0.15) is 0 Å². The lowest BCUT2D eigenvalue weighted by molar-refractivity contribution is -0.120. The van der Waals surface area contributed by atoms with Gasteiger partial charge in [0, 0.05) is 0 Å². The molecule has 2 bridgehead atoms. The van der Waals surface area contributed by atoms with Gasteiger partial charge < -0.3 is 5.32 Å². The van der Waals surface area contributed by atoms with E-state index in [9.17, 15) is 4.79 Å². The number of rotatable bonds is 1. The van der Waals surface area contributed by atoms with E-state index in [1.54, 1.807) is 11.8 Å². The SMILES string of the molecule is CC(C)(C)C1SC(=N[C@H]2C[C@@H]3CCC2C3)NC1=O. The number of nitrogens with one attached hydrogen (secondary N) is 1. The van der Waals surface area contributed by atoms with Crippen molar-refractivity contribution < 1.29 is 4.79 Å². The Balaban J connectivity index is 1.70. The van der Waals surface area contributed by atoms with Gasteiger partial charge in [-0.25, -0.2) is 0 Å². The maximum absolute atomic E-state index is 12.0. The number of fused-ring (bicyclic) bond motifs is 2. The van der Waals surface area contributed by atoms with Gasteiger partial charge in [-0.05, 0) is 36.5 Å². The van der Waals surface area contributed by atoms with E-state index >= 15 is 0 Å². The molecule has 0 radical (unpaired) electrons. The maximum Gasteiger partial charge on any atom is 0.240 e. The molecule has 1 amide bonds. The predicted molar refractivity (Wildman–Crippen MR) is 75.6 cm³/mol. The fraction of sp³-hybridized carbons (Fsp3) is 0.857. The number of thioether (sulfide) groups is 1. The molecule has 1 aliphatic heterocycles. The molecule has 1 N–H and O–H groups in total. The number of amidine groups is 1. The van der Waals surface area contributed by atoms with Gasteiger partial charge in [-0.1, -0.05) is 39.0 Å². The second-order valence-corrected chi connectivity index (χ2v) is 8.12. The summed E-state index contributed by atoms with van der Waals surface area (Å²) < 4.78 is 0. The molecule has 0 aromatic rings. The summed E-state index contributed by atoms with van der Waals surface area (Å²) in [6, 6.07) is 0.477. The molecule has 100 valence electrons. The van der Waals surface area contributed by atoms with Crippen LogP contribution in [0, 0.1) is 17.3 Å². The number of hydrogen-bond acceptors (Lipinski definition) is 3. The lowest BCUT2D eigenvalue weighted by Crippen LogP contribution is -2.33. The first-order valence-corrected chi connectivity index (χ1v) is 7.87. The highest BCUT2D eigenvalue weighted by Crippen LogP contribution is 2.46. The molecule has 0 spiro atoms. The van der Waals surface area contributed by atoms with E-state index in [1.165, 1.54) is 25.7 Å². The largest absolute Gasteiger partial charge is 0.304 e. The third kappa shape index (κ3) is 2.20. The predicted octanol–water partition coefficient (Wildman–Crippen LogP) is 2.81. The third-order valence-corrected chi connectivity index (χ3v) is 6.06. The monoisotopic (exact) mass is 266 g/mol. The van der Waals surface area contributed by atoms with Crippen molar-refractivity contribution in [3.63, 3.8) is 0 Å². The first-order valence-electron chi connectivity index (χ1n) is 6.99. The van der Waals surface area contributed by atoms with Crippen LogP contribution in [0.1, 0.15) is 46.5 Å². The Morgan fingerprint density at radius 2 is 2.06 bits per heavy atom. The van der Waals surface area contributed by atoms with Crippen molar-refractivity contribution in [2.75, 3.05) is 0 Å². The summed E-state index contributed by atoms with van der Waals surface area (Å²) in [5.74, 6) is 1.83. The fourth-order valence-electron chi connectivity index (χ4n) is 3.52. The van der Waals surface area contributed by atoms with Crippen molar-refractivity contribution >= 4 is 22.8 Å². The molecule has 3 rings (SSSR count). The van der Waals surface area contributed by atoms with Crippen LogP contribution in [0.5, 0.6) is 0 Å². The van der Waals surface area contributed by atoms with E-state index in [2.05, 4.69) is 26.1 Å². The summed E-state index contributed by atoms with van der Waals surface area (Å²) in [7, 11) is 0. The molecule has 4 heteroatoms. The van der Waals surface area contributed by atoms with Crippen LogP contribution in [0.3, 0.4) is 0 Å². The average Bonchev–Trinajstić information content (AvgIpc) is 2.92. The minimum atomic E-state index is 0.000695. The van der Waals surface area contributed by atoms with Crippen LogP contribution in [-0.4, -0.2) is 22.4 Å². The van der Waals surface area contributed by atoms with Gasteiger partial charge in [0.2, 0.25) is 5.91 Å². The number of carbonyl (C=O) groups excluding carboxylic acids is 1. The van der Waals surface area contributed by atoms with Crippen molar-refractivity contribution in [1.29, 1.82) is 0 Å². The summed E-state index contributed by atoms with van der Waals surface area (Å²) in [6.45, 7) is 6.35. The van der Waals surface area contributed by atoms with Crippen molar-refractivity contribution in [2.24, 2.45) is 22.2 Å². The highest BCUT2D eigenvalue weighted by atomic mass is 32.2. The zero-order chi connectivity index (χ0) is 12.9. The molecule has 3 nitrogen and oxygen atoms in total. The molecule has 3 fully saturated rings. The molecular weight excluding hydrogens is 244 g/mol. The molecule has 0 aromatic carbocycles. The molecule has 2 unspecified atom stereocenters. The van der Waals surface area contributed by atoms with E-state index in [-0.39, 0.29) is 16.6 Å². The lowest BCUT2D eigenvalue weighted by atomic mass is 9.91. The molecular formula is C14H22N2OS. The van der Waals surface area contributed by atoms with Gasteiger partial charge in [-0.2, -0.15) is 0 Å². The second kappa shape index (κ2) is 4.26. The van der Waals surface area contributed by atoms with Crippen LogP contribution in [0.25, 0.3) is 0 Å². The van der Waals surface area contributed by atoms with Crippen LogP contribution < -0.4 is 5.32 Å². The minimum absolute atomic E-state index is 0.000695. The molecule has 4 atom stereocenters. The average molecular weight is 266 g/mol. The lowest BCUT2D eigenvalue weighted by Gasteiger charge is -2.22. The number of nitrogens with zero attached hydrogens (tertiary/aromatic N) is 1. The Hall–Kier alpha value is -0.510. The second-order valence-electron chi connectivity index (χ2n) is 7.03. The summed E-state index contributed by atoms with van der Waals surface area (Å²) >= 11 is 1.63. The zero-order valence-electron chi connectivity index (χ0n) is 11.4. The van der Waals surface area contributed by atoms with Gasteiger partial charge >= 0.3 is 0 Å². The first-order chi connectivity index (χ1) is 8.43. The third-order valence-electron chi connectivity index (χ3n) is 4.47. The quantitative estimate of drug-likeness (QED) is 0.793. The molecule has 18 heavy (non-hydrogen) atoms. The Labute approximate surface area is 113 Å². The van der Waals surface area contributed by atoms with Crippen molar-refractivity contribution in [3.05, 3.63) is 0 Å². The van der Waals surface area contributed by atoms with E-state index in [1.807, 2.05) is 0 Å². The van der Waals surface area contributed by atoms with E-state index in [0.717, 1.165) is 17.0 Å². The normalized spacial score (nSPS) is 41.7. The fourth-order valence-corrected chi connectivity index (χ4v) is 4.62. The van der Waals surface area contributed by atoms with E-state index in [0.29, 0.717) is 6.04 Å². The van der Waals surface area contributed by atoms with Crippen LogP contribution >= 0.6 is 11.8 Å². The molecule has 3 aliphatic rings. The molecule has 2 aliphatic carbocycles. The Kier molecular flexibility index (Phi) is 2.96. The Bertz CT molecular complexity index is 399. The van der Waals surface area contributed by atoms with Gasteiger partial charge in [0.15, 0.2) is 5.17 Å². The Morgan fingerprint density at radius 1 is 1.28 bits per heavy atom. The van der Waals surface area contributed by atoms with Gasteiger partial charge in [-0.3, -0.25) is 9.79 Å². The van der Waals surface area contributed by atoms with E-state index < -0.39 is 0 Å². The molecule has 2 saturated carbocycles. The first kappa shape index (κ1) is 12.5. The number of amides is 1. The molecule has 1 saturated heterocycles. The zero-order valence-corrected chi connectivity index (χ0v) is 12.2. The smallest absolute Gasteiger partial charge is 0.240 e. The molecule has 1 heterocycles. The minimum Gasteiger partial charge on any atom is -0.304 e. The van der Waals surface area contributed by atoms with Crippen molar-refractivity contribution in [3.8, 4) is 0 Å². The van der Waals surface area contributed by atoms with E-state index in [4.69, 9.17) is 4.99 Å². The van der Waals surface area contributed by atoms with Crippen molar-refractivity contribution in [2.45, 2.75) is 57.7 Å². The highest BCUT2D eigenvalue weighted by molar-refractivity contribution is 8.15. The summed E-state index contributed by atoms with van der Waals surface area (Å²) in [6.07, 6.45) is 5.34.